The third-order valence-corrected chi connectivity index (χ3v) is 4.13. The van der Waals surface area contributed by atoms with Crippen molar-refractivity contribution in [3.8, 4) is 17.2 Å². The first-order chi connectivity index (χ1) is 13.8. The highest BCUT2D eigenvalue weighted by Gasteiger charge is 2.12. The number of carbonyl (C=O) groups is 1. The summed E-state index contributed by atoms with van der Waals surface area (Å²) in [6.45, 7) is 1.36. The van der Waals surface area contributed by atoms with Crippen LogP contribution >= 0.6 is 0 Å². The number of nitrogens with zero attached hydrogens (tertiary/aromatic N) is 2. The number of imidazole rings is 1. The summed E-state index contributed by atoms with van der Waals surface area (Å²) in [4.78, 5) is 16.3. The van der Waals surface area contributed by atoms with Crippen LogP contribution in [0.25, 0.3) is 6.08 Å². The Bertz CT molecular complexity index is 983. The molecule has 1 aromatic heterocycles. The lowest BCUT2D eigenvalue weighted by atomic mass is 10.2. The van der Waals surface area contributed by atoms with Gasteiger partial charge >= 0.3 is 0 Å². The maximum atomic E-state index is 12.3. The number of rotatable bonds is 7. The van der Waals surface area contributed by atoms with Crippen LogP contribution in [0.5, 0.6) is 17.2 Å². The predicted molar refractivity (Wildman–Crippen MR) is 104 cm³/mol. The first-order valence-electron chi connectivity index (χ1n) is 8.84. The molecule has 2 aromatic carbocycles. The van der Waals surface area contributed by atoms with Crippen LogP contribution in [0.3, 0.4) is 0 Å². The topological polar surface area (TPSA) is 74.6 Å². The Morgan fingerprint density at radius 2 is 2.11 bits per heavy atom. The zero-order chi connectivity index (χ0) is 19.2. The molecule has 7 heteroatoms. The molecule has 4 rings (SSSR count). The van der Waals surface area contributed by atoms with Crippen molar-refractivity contribution in [3.05, 3.63) is 72.8 Å². The molecule has 0 spiro atoms. The molecule has 0 saturated carbocycles. The molecule has 0 bridgehead atoms. The summed E-state index contributed by atoms with van der Waals surface area (Å²) in [6, 6.07) is 12.9. The highest BCUT2D eigenvalue weighted by Crippen LogP contribution is 2.32. The predicted octanol–water partition coefficient (Wildman–Crippen LogP) is 3.34. The van der Waals surface area contributed by atoms with Crippen molar-refractivity contribution >= 4 is 17.7 Å². The minimum atomic E-state index is -0.247. The van der Waals surface area contributed by atoms with E-state index in [1.54, 1.807) is 24.7 Å². The average molecular weight is 377 g/mol. The van der Waals surface area contributed by atoms with Gasteiger partial charge in [0, 0.05) is 18.5 Å². The summed E-state index contributed by atoms with van der Waals surface area (Å²) in [5, 5.41) is 2.85. The molecule has 28 heavy (non-hydrogen) atoms. The smallest absolute Gasteiger partial charge is 0.248 e. The number of para-hydroxylation sites is 2. The van der Waals surface area contributed by atoms with Crippen LogP contribution in [-0.4, -0.2) is 28.9 Å². The fourth-order valence-electron chi connectivity index (χ4n) is 2.74. The van der Waals surface area contributed by atoms with Gasteiger partial charge < -0.3 is 24.1 Å². The van der Waals surface area contributed by atoms with Gasteiger partial charge in [-0.1, -0.05) is 18.2 Å². The van der Waals surface area contributed by atoms with Gasteiger partial charge in [0.1, 0.15) is 12.4 Å². The van der Waals surface area contributed by atoms with E-state index in [9.17, 15) is 4.79 Å². The van der Waals surface area contributed by atoms with Crippen molar-refractivity contribution in [1.82, 2.24) is 9.55 Å². The number of ether oxygens (including phenoxy) is 3. The van der Waals surface area contributed by atoms with Crippen LogP contribution in [0, 0.1) is 0 Å². The first kappa shape index (κ1) is 17.7. The van der Waals surface area contributed by atoms with Gasteiger partial charge in [0.25, 0.3) is 0 Å². The van der Waals surface area contributed by atoms with Gasteiger partial charge in [0.05, 0.1) is 18.6 Å². The lowest BCUT2D eigenvalue weighted by Crippen LogP contribution is -2.11. The minimum Gasteiger partial charge on any atom is -0.490 e. The van der Waals surface area contributed by atoms with Crippen molar-refractivity contribution in [2.24, 2.45) is 0 Å². The van der Waals surface area contributed by atoms with E-state index in [1.807, 2.05) is 47.2 Å². The summed E-state index contributed by atoms with van der Waals surface area (Å²) >= 11 is 0. The number of amides is 1. The van der Waals surface area contributed by atoms with Gasteiger partial charge in [-0.2, -0.15) is 0 Å². The van der Waals surface area contributed by atoms with E-state index < -0.39 is 0 Å². The fraction of sp³-hybridized carbons (Fsp3) is 0.143. The van der Waals surface area contributed by atoms with Crippen molar-refractivity contribution in [1.29, 1.82) is 0 Å². The Balaban J connectivity index is 1.36. The van der Waals surface area contributed by atoms with E-state index in [1.165, 1.54) is 6.08 Å². The number of aromatic nitrogens is 2. The van der Waals surface area contributed by atoms with E-state index in [-0.39, 0.29) is 12.7 Å². The molecule has 0 saturated heterocycles. The number of hydrogen-bond acceptors (Lipinski definition) is 5. The van der Waals surface area contributed by atoms with Gasteiger partial charge in [-0.25, -0.2) is 4.98 Å². The molecule has 0 radical (unpaired) electrons. The highest BCUT2D eigenvalue weighted by molar-refractivity contribution is 6.02. The zero-order valence-corrected chi connectivity index (χ0v) is 15.1. The Hall–Kier alpha value is -3.74. The Morgan fingerprint density at radius 3 is 3.00 bits per heavy atom. The molecule has 0 fully saturated rings. The van der Waals surface area contributed by atoms with Crippen LogP contribution in [0.2, 0.25) is 0 Å². The Morgan fingerprint density at radius 1 is 1.21 bits per heavy atom. The maximum Gasteiger partial charge on any atom is 0.248 e. The molecule has 7 nitrogen and oxygen atoms in total. The molecule has 0 atom stereocenters. The second-order valence-electron chi connectivity index (χ2n) is 6.08. The van der Waals surface area contributed by atoms with Crippen LogP contribution in [-0.2, 0) is 11.3 Å². The summed E-state index contributed by atoms with van der Waals surface area (Å²) in [5.74, 6) is 1.76. The Kier molecular flexibility index (Phi) is 5.24. The summed E-state index contributed by atoms with van der Waals surface area (Å²) < 4.78 is 18.4. The molecule has 142 valence electrons. The number of hydrogen-bond donors (Lipinski definition) is 1. The van der Waals surface area contributed by atoms with Crippen molar-refractivity contribution < 1.29 is 19.0 Å². The van der Waals surface area contributed by atoms with Crippen LogP contribution in [0.4, 0.5) is 5.69 Å². The normalized spacial score (nSPS) is 12.3. The molecule has 0 aliphatic carbocycles. The largest absolute Gasteiger partial charge is 0.490 e. The van der Waals surface area contributed by atoms with Gasteiger partial charge in [0.15, 0.2) is 11.5 Å². The molecule has 3 aromatic rings. The van der Waals surface area contributed by atoms with E-state index in [0.717, 1.165) is 5.56 Å². The van der Waals surface area contributed by atoms with Gasteiger partial charge in [-0.3, -0.25) is 4.79 Å². The number of carbonyl (C=O) groups excluding carboxylic acids is 1. The standard InChI is InChI=1S/C21H19N3O4/c25-21(8-6-16-5-7-19-20(13-16)28-15-27-19)23-17-3-1-2-4-18(17)26-12-11-24-10-9-22-14-24/h1-10,13-14H,11-12,15H2,(H,23,25)/b8-6+. The fourth-order valence-corrected chi connectivity index (χ4v) is 2.74. The van der Waals surface area contributed by atoms with E-state index in [4.69, 9.17) is 14.2 Å². The average Bonchev–Trinajstić information content (AvgIpc) is 3.39. The van der Waals surface area contributed by atoms with Gasteiger partial charge in [-0.05, 0) is 35.9 Å². The lowest BCUT2D eigenvalue weighted by molar-refractivity contribution is -0.111. The molecule has 1 aliphatic heterocycles. The Labute approximate surface area is 162 Å². The molecule has 2 heterocycles. The monoisotopic (exact) mass is 377 g/mol. The second kappa shape index (κ2) is 8.30. The highest BCUT2D eigenvalue weighted by atomic mass is 16.7. The SMILES string of the molecule is O=C(/C=C/c1ccc2c(c1)OCO2)Nc1ccccc1OCCn1ccnc1. The van der Waals surface area contributed by atoms with Crippen molar-refractivity contribution in [2.75, 3.05) is 18.7 Å². The van der Waals surface area contributed by atoms with Crippen molar-refractivity contribution in [3.63, 3.8) is 0 Å². The van der Waals surface area contributed by atoms with Gasteiger partial charge in [0.2, 0.25) is 12.7 Å². The van der Waals surface area contributed by atoms with E-state index in [2.05, 4.69) is 10.3 Å². The van der Waals surface area contributed by atoms with Crippen LogP contribution < -0.4 is 19.5 Å². The quantitative estimate of drug-likeness (QED) is 0.639. The second-order valence-corrected chi connectivity index (χ2v) is 6.08. The summed E-state index contributed by atoms with van der Waals surface area (Å²) in [7, 11) is 0. The zero-order valence-electron chi connectivity index (χ0n) is 15.1. The minimum absolute atomic E-state index is 0.223. The molecule has 1 N–H and O–H groups in total. The summed E-state index contributed by atoms with van der Waals surface area (Å²) in [5.41, 5.74) is 1.47. The van der Waals surface area contributed by atoms with Crippen LogP contribution in [0.15, 0.2) is 67.3 Å². The molecule has 0 unspecified atom stereocenters. The third-order valence-electron chi connectivity index (χ3n) is 4.13. The third kappa shape index (κ3) is 4.32. The number of nitrogens with one attached hydrogen (secondary N) is 1. The number of benzene rings is 2. The first-order valence-corrected chi connectivity index (χ1v) is 8.84. The van der Waals surface area contributed by atoms with Crippen LogP contribution in [0.1, 0.15) is 5.56 Å². The molecule has 1 amide bonds. The summed E-state index contributed by atoms with van der Waals surface area (Å²) in [6.07, 6.45) is 8.52. The lowest BCUT2D eigenvalue weighted by Gasteiger charge is -2.11. The van der Waals surface area contributed by atoms with Crippen molar-refractivity contribution in [2.45, 2.75) is 6.54 Å². The molecular weight excluding hydrogens is 358 g/mol. The van der Waals surface area contributed by atoms with E-state index >= 15 is 0 Å². The number of fused-ring (bicyclic) bond motifs is 1. The maximum absolute atomic E-state index is 12.3. The van der Waals surface area contributed by atoms with E-state index in [0.29, 0.717) is 36.1 Å². The molecule has 1 aliphatic rings. The number of anilines is 1. The van der Waals surface area contributed by atoms with Gasteiger partial charge in [-0.15, -0.1) is 0 Å². The molecular formula is C21H19N3O4.